The fourth-order valence-corrected chi connectivity index (χ4v) is 1.58. The van der Waals surface area contributed by atoms with Crippen LogP contribution in [0.25, 0.3) is 0 Å². The minimum absolute atomic E-state index is 0.0951. The lowest BCUT2D eigenvalue weighted by Crippen LogP contribution is -2.13. The Hall–Kier alpha value is -0.570. The molecule has 0 aliphatic carbocycles. The van der Waals surface area contributed by atoms with Crippen LogP contribution in [0.5, 0.6) is 0 Å². The van der Waals surface area contributed by atoms with Crippen molar-refractivity contribution in [3.05, 3.63) is 34.3 Å². The molecule has 1 aromatic rings. The number of hydrogen-bond donors (Lipinski definition) is 2. The second-order valence-electron chi connectivity index (χ2n) is 3.12. The summed E-state index contributed by atoms with van der Waals surface area (Å²) in [6.07, 6.45) is 0.586. The first-order chi connectivity index (χ1) is 6.15. The number of aliphatic hydroxyl groups is 1. The van der Waals surface area contributed by atoms with Crippen LogP contribution in [-0.4, -0.2) is 11.7 Å². The van der Waals surface area contributed by atoms with Crippen molar-refractivity contribution in [1.82, 2.24) is 0 Å². The van der Waals surface area contributed by atoms with Gasteiger partial charge in [-0.05, 0) is 36.6 Å². The van der Waals surface area contributed by atoms with Crippen molar-refractivity contribution in [1.29, 1.82) is 0 Å². The Bertz CT molecular complexity index is 288. The van der Waals surface area contributed by atoms with Crippen molar-refractivity contribution in [2.45, 2.75) is 19.4 Å². The molecule has 3 heteroatoms. The lowest BCUT2D eigenvalue weighted by atomic mass is 10.00. The molecule has 1 aromatic carbocycles. The third-order valence-corrected chi connectivity index (χ3v) is 2.31. The Kier molecular flexibility index (Phi) is 3.72. The zero-order valence-electron chi connectivity index (χ0n) is 7.63. The summed E-state index contributed by atoms with van der Waals surface area (Å²) in [4.78, 5) is 0. The number of aryl methyl sites for hydroxylation is 1. The van der Waals surface area contributed by atoms with Crippen LogP contribution in [0, 0.1) is 6.92 Å². The van der Waals surface area contributed by atoms with E-state index in [4.69, 9.17) is 22.4 Å². The first-order valence-corrected chi connectivity index (χ1v) is 4.65. The van der Waals surface area contributed by atoms with Gasteiger partial charge in [-0.25, -0.2) is 0 Å². The third kappa shape index (κ3) is 2.69. The zero-order valence-corrected chi connectivity index (χ0v) is 8.38. The molecule has 13 heavy (non-hydrogen) atoms. The highest BCUT2D eigenvalue weighted by molar-refractivity contribution is 6.30. The van der Waals surface area contributed by atoms with Crippen LogP contribution in [-0.2, 0) is 0 Å². The molecule has 1 atom stereocenters. The van der Waals surface area contributed by atoms with Gasteiger partial charge >= 0.3 is 0 Å². The minimum atomic E-state index is -0.0951. The van der Waals surface area contributed by atoms with Gasteiger partial charge < -0.3 is 10.8 Å². The summed E-state index contributed by atoms with van der Waals surface area (Å²) in [5.41, 5.74) is 7.98. The average molecular weight is 200 g/mol. The molecule has 72 valence electrons. The lowest BCUT2D eigenvalue weighted by Gasteiger charge is -2.13. The van der Waals surface area contributed by atoms with Gasteiger partial charge in [0.25, 0.3) is 0 Å². The van der Waals surface area contributed by atoms with E-state index in [1.807, 2.05) is 25.1 Å². The second kappa shape index (κ2) is 4.61. The highest BCUT2D eigenvalue weighted by Crippen LogP contribution is 2.21. The van der Waals surface area contributed by atoms with Crippen LogP contribution in [0.3, 0.4) is 0 Å². The summed E-state index contributed by atoms with van der Waals surface area (Å²) < 4.78 is 0. The molecule has 0 heterocycles. The van der Waals surface area contributed by atoms with Crippen molar-refractivity contribution in [2.75, 3.05) is 6.61 Å². The fraction of sp³-hybridized carbons (Fsp3) is 0.400. The van der Waals surface area contributed by atoms with E-state index in [1.165, 1.54) is 0 Å². The van der Waals surface area contributed by atoms with Crippen LogP contribution in [0.1, 0.15) is 23.6 Å². The van der Waals surface area contributed by atoms with E-state index in [1.54, 1.807) is 0 Å². The molecule has 0 bridgehead atoms. The molecule has 0 radical (unpaired) electrons. The van der Waals surface area contributed by atoms with Crippen LogP contribution in [0.15, 0.2) is 18.2 Å². The minimum Gasteiger partial charge on any atom is -0.396 e. The predicted octanol–water partition coefficient (Wildman–Crippen LogP) is 2.03. The van der Waals surface area contributed by atoms with Gasteiger partial charge in [-0.2, -0.15) is 0 Å². The van der Waals surface area contributed by atoms with E-state index in [9.17, 15) is 0 Å². The molecule has 0 spiro atoms. The molecule has 0 aromatic heterocycles. The third-order valence-electron chi connectivity index (χ3n) is 2.07. The summed E-state index contributed by atoms with van der Waals surface area (Å²) in [6.45, 7) is 2.09. The van der Waals surface area contributed by atoms with Crippen LogP contribution in [0.4, 0.5) is 0 Å². The van der Waals surface area contributed by atoms with Crippen molar-refractivity contribution >= 4 is 11.6 Å². The Morgan fingerprint density at radius 2 is 2.23 bits per heavy atom. The van der Waals surface area contributed by atoms with Gasteiger partial charge in [0, 0.05) is 17.7 Å². The number of rotatable bonds is 3. The van der Waals surface area contributed by atoms with E-state index in [2.05, 4.69) is 0 Å². The van der Waals surface area contributed by atoms with E-state index < -0.39 is 0 Å². The lowest BCUT2D eigenvalue weighted by molar-refractivity contribution is 0.276. The molecule has 0 fully saturated rings. The summed E-state index contributed by atoms with van der Waals surface area (Å²) >= 11 is 5.81. The van der Waals surface area contributed by atoms with E-state index in [-0.39, 0.29) is 12.6 Å². The maximum absolute atomic E-state index is 8.74. The summed E-state index contributed by atoms with van der Waals surface area (Å²) in [6, 6.07) is 5.52. The molecule has 0 saturated heterocycles. The van der Waals surface area contributed by atoms with Gasteiger partial charge in [-0.15, -0.1) is 0 Å². The molecular weight excluding hydrogens is 186 g/mol. The number of hydrogen-bond acceptors (Lipinski definition) is 2. The molecule has 0 saturated carbocycles. The molecule has 1 rings (SSSR count). The van der Waals surface area contributed by atoms with Gasteiger partial charge in [-0.1, -0.05) is 17.7 Å². The average Bonchev–Trinajstić information content (AvgIpc) is 2.04. The maximum atomic E-state index is 8.74. The molecule has 0 amide bonds. The Labute approximate surface area is 83.3 Å². The summed E-state index contributed by atoms with van der Waals surface area (Å²) in [5, 5.41) is 9.46. The van der Waals surface area contributed by atoms with Gasteiger partial charge in [0.05, 0.1) is 0 Å². The topological polar surface area (TPSA) is 46.2 Å². The second-order valence-corrected chi connectivity index (χ2v) is 3.56. The Morgan fingerprint density at radius 1 is 1.54 bits per heavy atom. The van der Waals surface area contributed by atoms with Gasteiger partial charge in [0.2, 0.25) is 0 Å². The van der Waals surface area contributed by atoms with Crippen LogP contribution >= 0.6 is 11.6 Å². The number of halogens is 1. The molecule has 0 aliphatic heterocycles. The quantitative estimate of drug-likeness (QED) is 0.783. The molecular formula is C10H14ClNO. The van der Waals surface area contributed by atoms with E-state index in [0.29, 0.717) is 6.42 Å². The first kappa shape index (κ1) is 10.5. The molecule has 0 aliphatic rings. The van der Waals surface area contributed by atoms with E-state index >= 15 is 0 Å². The molecule has 3 N–H and O–H groups in total. The van der Waals surface area contributed by atoms with Crippen molar-refractivity contribution in [3.63, 3.8) is 0 Å². The Balaban J connectivity index is 2.88. The highest BCUT2D eigenvalue weighted by atomic mass is 35.5. The van der Waals surface area contributed by atoms with Crippen LogP contribution < -0.4 is 5.73 Å². The maximum Gasteiger partial charge on any atom is 0.0449 e. The number of aliphatic hydroxyl groups excluding tert-OH is 1. The fourth-order valence-electron chi connectivity index (χ4n) is 1.35. The van der Waals surface area contributed by atoms with Gasteiger partial charge in [-0.3, -0.25) is 0 Å². The number of benzene rings is 1. The highest BCUT2D eigenvalue weighted by Gasteiger charge is 2.07. The monoisotopic (exact) mass is 199 g/mol. The van der Waals surface area contributed by atoms with Crippen LogP contribution in [0.2, 0.25) is 5.02 Å². The van der Waals surface area contributed by atoms with Gasteiger partial charge in [0.15, 0.2) is 0 Å². The molecule has 2 nitrogen and oxygen atoms in total. The first-order valence-electron chi connectivity index (χ1n) is 4.27. The standard InChI is InChI=1S/C10H14ClNO/c1-7-6-8(11)2-3-9(7)10(12)4-5-13/h2-3,6,10,13H,4-5,12H2,1H3/t10-/m0/s1. The summed E-state index contributed by atoms with van der Waals surface area (Å²) in [7, 11) is 0. The SMILES string of the molecule is Cc1cc(Cl)ccc1[C@@H](N)CCO. The normalized spacial score (nSPS) is 12.9. The van der Waals surface area contributed by atoms with Crippen molar-refractivity contribution in [3.8, 4) is 0 Å². The summed E-state index contributed by atoms with van der Waals surface area (Å²) in [5.74, 6) is 0. The van der Waals surface area contributed by atoms with E-state index in [0.717, 1.165) is 16.1 Å². The molecule has 0 unspecified atom stereocenters. The zero-order chi connectivity index (χ0) is 9.84. The largest absolute Gasteiger partial charge is 0.396 e. The number of nitrogens with two attached hydrogens (primary N) is 1. The van der Waals surface area contributed by atoms with Gasteiger partial charge in [0.1, 0.15) is 0 Å². The van der Waals surface area contributed by atoms with Crippen molar-refractivity contribution < 1.29 is 5.11 Å². The predicted molar refractivity (Wildman–Crippen MR) is 54.8 cm³/mol. The van der Waals surface area contributed by atoms with Crippen molar-refractivity contribution in [2.24, 2.45) is 5.73 Å². The Morgan fingerprint density at radius 3 is 2.77 bits per heavy atom. The smallest absolute Gasteiger partial charge is 0.0449 e.